The fourth-order valence-electron chi connectivity index (χ4n) is 0.919. The van der Waals surface area contributed by atoms with Gasteiger partial charge in [-0.3, -0.25) is 4.79 Å². The Kier molecular flexibility index (Phi) is 4.38. The molecule has 0 aliphatic heterocycles. The Hall–Kier alpha value is -1.12. The maximum Gasteiger partial charge on any atom is 0.305 e. The number of carbonyl (C=O) groups excluding carboxylic acids is 2. The average molecular weight is 184 g/mol. The highest BCUT2D eigenvalue weighted by atomic mass is 16.5. The van der Waals surface area contributed by atoms with Gasteiger partial charge in [-0.1, -0.05) is 13.0 Å². The van der Waals surface area contributed by atoms with Crippen LogP contribution in [0, 0.1) is 11.3 Å². The molecule has 0 saturated heterocycles. The van der Waals surface area contributed by atoms with Crippen LogP contribution in [0.5, 0.6) is 0 Å². The second-order valence-corrected chi connectivity index (χ2v) is 3.37. The van der Waals surface area contributed by atoms with Crippen molar-refractivity contribution in [2.75, 3.05) is 7.11 Å². The number of rotatable bonds is 5. The van der Waals surface area contributed by atoms with Gasteiger partial charge in [0.15, 0.2) is 0 Å². The van der Waals surface area contributed by atoms with Gasteiger partial charge in [0, 0.05) is 11.8 Å². The van der Waals surface area contributed by atoms with Crippen molar-refractivity contribution in [3.63, 3.8) is 0 Å². The number of ether oxygens (including phenoxy) is 1. The lowest BCUT2D eigenvalue weighted by molar-refractivity contribution is -0.142. The Bertz CT molecular complexity index is 200. The summed E-state index contributed by atoms with van der Waals surface area (Å²) >= 11 is 0. The van der Waals surface area contributed by atoms with E-state index in [0.29, 0.717) is 0 Å². The summed E-state index contributed by atoms with van der Waals surface area (Å²) in [5.41, 5.74) is -0.645. The topological polar surface area (TPSA) is 43.4 Å². The molecule has 0 aromatic rings. The van der Waals surface area contributed by atoms with Crippen LogP contribution >= 0.6 is 0 Å². The summed E-state index contributed by atoms with van der Waals surface area (Å²) < 4.78 is 4.52. The van der Waals surface area contributed by atoms with Crippen LogP contribution in [-0.4, -0.2) is 19.4 Å². The SMILES string of the molecule is C=C[C@@](C)(C=O)[C@@H](C)CC(=O)OC. The van der Waals surface area contributed by atoms with Gasteiger partial charge in [0.25, 0.3) is 0 Å². The van der Waals surface area contributed by atoms with E-state index in [-0.39, 0.29) is 18.3 Å². The smallest absolute Gasteiger partial charge is 0.305 e. The third-order valence-corrected chi connectivity index (χ3v) is 2.46. The van der Waals surface area contributed by atoms with Gasteiger partial charge in [0.1, 0.15) is 6.29 Å². The molecule has 0 unspecified atom stereocenters. The summed E-state index contributed by atoms with van der Waals surface area (Å²) in [5, 5.41) is 0. The Labute approximate surface area is 78.8 Å². The van der Waals surface area contributed by atoms with Gasteiger partial charge in [0.05, 0.1) is 7.11 Å². The Morgan fingerprint density at radius 1 is 1.69 bits per heavy atom. The molecule has 74 valence electrons. The third-order valence-electron chi connectivity index (χ3n) is 2.46. The first-order chi connectivity index (χ1) is 6.00. The van der Waals surface area contributed by atoms with Gasteiger partial charge in [-0.2, -0.15) is 0 Å². The molecule has 2 atom stereocenters. The van der Waals surface area contributed by atoms with Crippen molar-refractivity contribution in [1.29, 1.82) is 0 Å². The first-order valence-corrected chi connectivity index (χ1v) is 4.17. The van der Waals surface area contributed by atoms with E-state index in [1.54, 1.807) is 13.0 Å². The maximum absolute atomic E-state index is 10.9. The van der Waals surface area contributed by atoms with Crippen LogP contribution in [0.1, 0.15) is 20.3 Å². The molecule has 0 fully saturated rings. The fraction of sp³-hybridized carbons (Fsp3) is 0.600. The number of hydrogen-bond acceptors (Lipinski definition) is 3. The monoisotopic (exact) mass is 184 g/mol. The molecule has 0 heterocycles. The van der Waals surface area contributed by atoms with E-state index in [0.717, 1.165) is 6.29 Å². The predicted molar refractivity (Wildman–Crippen MR) is 50.2 cm³/mol. The molecule has 0 aliphatic carbocycles. The lowest BCUT2D eigenvalue weighted by Gasteiger charge is -2.25. The van der Waals surface area contributed by atoms with Crippen molar-refractivity contribution in [2.24, 2.45) is 11.3 Å². The van der Waals surface area contributed by atoms with E-state index in [4.69, 9.17) is 0 Å². The molecular weight excluding hydrogens is 168 g/mol. The van der Waals surface area contributed by atoms with Gasteiger partial charge in [-0.15, -0.1) is 6.58 Å². The third kappa shape index (κ3) is 3.01. The summed E-state index contributed by atoms with van der Waals surface area (Å²) in [6.45, 7) is 7.15. The molecule has 0 N–H and O–H groups in total. The first kappa shape index (κ1) is 11.9. The Morgan fingerprint density at radius 3 is 2.54 bits per heavy atom. The Morgan fingerprint density at radius 2 is 2.23 bits per heavy atom. The molecule has 0 aromatic heterocycles. The van der Waals surface area contributed by atoms with E-state index in [1.807, 2.05) is 6.92 Å². The summed E-state index contributed by atoms with van der Waals surface area (Å²) in [6, 6.07) is 0. The summed E-state index contributed by atoms with van der Waals surface area (Å²) in [7, 11) is 1.33. The van der Waals surface area contributed by atoms with Crippen molar-refractivity contribution in [1.82, 2.24) is 0 Å². The van der Waals surface area contributed by atoms with Gasteiger partial charge in [-0.05, 0) is 12.8 Å². The zero-order valence-corrected chi connectivity index (χ0v) is 8.37. The molecular formula is C10H16O3. The van der Waals surface area contributed by atoms with E-state index in [2.05, 4.69) is 11.3 Å². The van der Waals surface area contributed by atoms with Crippen LogP contribution in [0.4, 0.5) is 0 Å². The van der Waals surface area contributed by atoms with Crippen molar-refractivity contribution in [3.8, 4) is 0 Å². The molecule has 3 nitrogen and oxygen atoms in total. The molecule has 0 spiro atoms. The number of carbonyl (C=O) groups is 2. The largest absolute Gasteiger partial charge is 0.469 e. The van der Waals surface area contributed by atoms with E-state index >= 15 is 0 Å². The van der Waals surface area contributed by atoms with Gasteiger partial charge in [-0.25, -0.2) is 0 Å². The lowest BCUT2D eigenvalue weighted by atomic mass is 9.78. The van der Waals surface area contributed by atoms with Crippen LogP contribution in [-0.2, 0) is 14.3 Å². The predicted octanol–water partition coefficient (Wildman–Crippen LogP) is 1.58. The molecule has 0 amide bonds. The van der Waals surface area contributed by atoms with Crippen LogP contribution in [0.25, 0.3) is 0 Å². The number of esters is 1. The minimum Gasteiger partial charge on any atom is -0.469 e. The summed E-state index contributed by atoms with van der Waals surface area (Å²) in [6.07, 6.45) is 2.61. The zero-order chi connectivity index (χ0) is 10.5. The fourth-order valence-corrected chi connectivity index (χ4v) is 0.919. The molecule has 0 saturated carbocycles. The Balaban J connectivity index is 4.38. The normalized spacial score (nSPS) is 16.8. The maximum atomic E-state index is 10.9. The molecule has 0 radical (unpaired) electrons. The van der Waals surface area contributed by atoms with Crippen LogP contribution in [0.2, 0.25) is 0 Å². The lowest BCUT2D eigenvalue weighted by Crippen LogP contribution is -2.26. The summed E-state index contributed by atoms with van der Waals surface area (Å²) in [4.78, 5) is 21.7. The van der Waals surface area contributed by atoms with Gasteiger partial charge in [0.2, 0.25) is 0 Å². The number of allylic oxidation sites excluding steroid dienone is 1. The number of aldehydes is 1. The number of hydrogen-bond donors (Lipinski definition) is 0. The molecule has 0 aromatic carbocycles. The highest BCUT2D eigenvalue weighted by molar-refractivity contribution is 5.71. The molecule has 13 heavy (non-hydrogen) atoms. The quantitative estimate of drug-likeness (QED) is 0.370. The van der Waals surface area contributed by atoms with E-state index in [1.165, 1.54) is 7.11 Å². The number of methoxy groups -OCH3 is 1. The second-order valence-electron chi connectivity index (χ2n) is 3.37. The van der Waals surface area contributed by atoms with Crippen LogP contribution in [0.3, 0.4) is 0 Å². The highest BCUT2D eigenvalue weighted by Gasteiger charge is 2.29. The average Bonchev–Trinajstić information content (AvgIpc) is 2.16. The molecule has 3 heteroatoms. The first-order valence-electron chi connectivity index (χ1n) is 4.17. The van der Waals surface area contributed by atoms with Crippen molar-refractivity contribution in [3.05, 3.63) is 12.7 Å². The van der Waals surface area contributed by atoms with E-state index in [9.17, 15) is 9.59 Å². The van der Waals surface area contributed by atoms with E-state index < -0.39 is 5.41 Å². The van der Waals surface area contributed by atoms with Crippen molar-refractivity contribution in [2.45, 2.75) is 20.3 Å². The molecule has 0 bridgehead atoms. The second kappa shape index (κ2) is 4.80. The van der Waals surface area contributed by atoms with Crippen molar-refractivity contribution < 1.29 is 14.3 Å². The standard InChI is InChI=1S/C10H16O3/c1-5-10(3,7-11)8(2)6-9(12)13-4/h5,7-8H,1,6H2,2-4H3/t8-,10-/m0/s1. The van der Waals surface area contributed by atoms with Crippen LogP contribution < -0.4 is 0 Å². The summed E-state index contributed by atoms with van der Waals surface area (Å²) in [5.74, 6) is -0.391. The van der Waals surface area contributed by atoms with Gasteiger partial charge >= 0.3 is 5.97 Å². The molecule has 0 aliphatic rings. The highest BCUT2D eigenvalue weighted by Crippen LogP contribution is 2.28. The van der Waals surface area contributed by atoms with Crippen LogP contribution in [0.15, 0.2) is 12.7 Å². The minimum absolute atomic E-state index is 0.0880. The zero-order valence-electron chi connectivity index (χ0n) is 8.37. The van der Waals surface area contributed by atoms with Gasteiger partial charge < -0.3 is 9.53 Å². The minimum atomic E-state index is -0.645. The molecule has 0 rings (SSSR count). The van der Waals surface area contributed by atoms with Crippen molar-refractivity contribution >= 4 is 12.3 Å².